The van der Waals surface area contributed by atoms with Crippen LogP contribution < -0.4 is 10.1 Å². The fourth-order valence-electron chi connectivity index (χ4n) is 2.68. The van der Waals surface area contributed by atoms with Crippen molar-refractivity contribution in [2.45, 2.75) is 46.7 Å². The monoisotopic (exact) mass is 304 g/mol. The van der Waals surface area contributed by atoms with Gasteiger partial charge >= 0.3 is 0 Å². The lowest BCUT2D eigenvalue weighted by Gasteiger charge is -2.22. The van der Waals surface area contributed by atoms with Gasteiger partial charge in [0.2, 0.25) is 0 Å². The molecule has 0 saturated heterocycles. The van der Waals surface area contributed by atoms with Crippen LogP contribution in [-0.2, 0) is 0 Å². The third-order valence-electron chi connectivity index (χ3n) is 3.70. The van der Waals surface area contributed by atoms with Gasteiger partial charge in [-0.25, -0.2) is 4.98 Å². The van der Waals surface area contributed by atoms with Gasteiger partial charge in [0.15, 0.2) is 0 Å². The minimum absolute atomic E-state index is 0.205. The zero-order chi connectivity index (χ0) is 15.6. The van der Waals surface area contributed by atoms with E-state index in [1.807, 2.05) is 6.07 Å². The Morgan fingerprint density at radius 2 is 1.86 bits per heavy atom. The van der Waals surface area contributed by atoms with E-state index >= 15 is 0 Å². The van der Waals surface area contributed by atoms with Gasteiger partial charge in [-0.2, -0.15) is 0 Å². The zero-order valence-corrected chi connectivity index (χ0v) is 14.5. The maximum atomic E-state index is 5.48. The maximum absolute atomic E-state index is 5.48. The van der Waals surface area contributed by atoms with Gasteiger partial charge in [-0.15, -0.1) is 11.3 Å². The summed E-state index contributed by atoms with van der Waals surface area (Å²) in [6, 6.07) is 6.71. The minimum Gasteiger partial charge on any atom is -0.496 e. The third kappa shape index (κ3) is 3.63. The molecule has 4 heteroatoms. The van der Waals surface area contributed by atoms with Crippen molar-refractivity contribution in [1.82, 2.24) is 10.3 Å². The Morgan fingerprint density at radius 1 is 1.14 bits per heavy atom. The van der Waals surface area contributed by atoms with E-state index in [0.717, 1.165) is 16.5 Å². The number of nitrogens with zero attached hydrogens (tertiary/aromatic N) is 1. The Morgan fingerprint density at radius 3 is 2.43 bits per heavy atom. The first-order chi connectivity index (χ1) is 9.92. The van der Waals surface area contributed by atoms with Crippen molar-refractivity contribution in [2.75, 3.05) is 7.11 Å². The highest BCUT2D eigenvalue weighted by Gasteiger charge is 2.18. The van der Waals surface area contributed by atoms with Crippen LogP contribution in [0.25, 0.3) is 0 Å². The van der Waals surface area contributed by atoms with Gasteiger partial charge < -0.3 is 10.1 Å². The average molecular weight is 304 g/mol. The molecule has 0 aliphatic carbocycles. The largest absolute Gasteiger partial charge is 0.496 e. The van der Waals surface area contributed by atoms with E-state index < -0.39 is 0 Å². The number of aryl methyl sites for hydroxylation is 3. The second-order valence-electron chi connectivity index (χ2n) is 5.53. The third-order valence-corrected chi connectivity index (χ3v) is 4.60. The Hall–Kier alpha value is -1.39. The molecule has 0 bridgehead atoms. The minimum atomic E-state index is 0.205. The predicted molar refractivity (Wildman–Crippen MR) is 89.3 cm³/mol. The van der Waals surface area contributed by atoms with E-state index in [2.05, 4.69) is 57.1 Å². The molecule has 21 heavy (non-hydrogen) atoms. The Labute approximate surface area is 131 Å². The number of nitrogens with one attached hydrogen (secondary N) is 1. The lowest BCUT2D eigenvalue weighted by Crippen LogP contribution is -2.23. The summed E-state index contributed by atoms with van der Waals surface area (Å²) in [5.74, 6) is 0.930. The van der Waals surface area contributed by atoms with Crippen molar-refractivity contribution in [1.29, 1.82) is 0 Å². The van der Waals surface area contributed by atoms with Crippen LogP contribution in [0, 0.1) is 20.8 Å². The van der Waals surface area contributed by atoms with Crippen molar-refractivity contribution >= 4 is 11.3 Å². The molecule has 0 fully saturated rings. The predicted octanol–water partition coefficient (Wildman–Crippen LogP) is 4.49. The topological polar surface area (TPSA) is 34.1 Å². The fraction of sp³-hybridized carbons (Fsp3) is 0.471. The summed E-state index contributed by atoms with van der Waals surface area (Å²) >= 11 is 1.75. The first kappa shape index (κ1) is 16.0. The highest BCUT2D eigenvalue weighted by molar-refractivity contribution is 7.11. The molecule has 1 heterocycles. The highest BCUT2D eigenvalue weighted by Crippen LogP contribution is 2.29. The normalized spacial score (nSPS) is 14.0. The van der Waals surface area contributed by atoms with E-state index in [0.29, 0.717) is 0 Å². The first-order valence-corrected chi connectivity index (χ1v) is 8.08. The van der Waals surface area contributed by atoms with E-state index in [-0.39, 0.29) is 12.1 Å². The first-order valence-electron chi connectivity index (χ1n) is 7.27. The van der Waals surface area contributed by atoms with E-state index in [9.17, 15) is 0 Å². The lowest BCUT2D eigenvalue weighted by molar-refractivity contribution is 0.395. The number of ether oxygens (including phenoxy) is 1. The standard InChI is InChI=1S/C17H24N2OS/c1-10-7-8-16(20-6)15(9-10)11(2)18-12(3)17-13(4)21-14(5)19-17/h7-9,11-12,18H,1-6H3. The van der Waals surface area contributed by atoms with Crippen LogP contribution >= 0.6 is 11.3 Å². The van der Waals surface area contributed by atoms with Crippen LogP contribution in [0.4, 0.5) is 0 Å². The number of hydrogen-bond acceptors (Lipinski definition) is 4. The number of hydrogen-bond donors (Lipinski definition) is 1. The highest BCUT2D eigenvalue weighted by atomic mass is 32.1. The summed E-state index contributed by atoms with van der Waals surface area (Å²) in [4.78, 5) is 5.93. The molecular weight excluding hydrogens is 280 g/mol. The second-order valence-corrected chi connectivity index (χ2v) is 6.94. The molecule has 0 saturated carbocycles. The average Bonchev–Trinajstić information content (AvgIpc) is 2.77. The van der Waals surface area contributed by atoms with Gasteiger partial charge in [-0.05, 0) is 40.7 Å². The molecule has 0 aliphatic heterocycles. The zero-order valence-electron chi connectivity index (χ0n) is 13.7. The molecule has 2 rings (SSSR count). The van der Waals surface area contributed by atoms with Crippen LogP contribution in [0.1, 0.15) is 52.6 Å². The molecule has 2 aromatic rings. The van der Waals surface area contributed by atoms with Crippen LogP contribution in [0.2, 0.25) is 0 Å². The van der Waals surface area contributed by atoms with Gasteiger partial charge in [0.25, 0.3) is 0 Å². The number of methoxy groups -OCH3 is 1. The summed E-state index contributed by atoms with van der Waals surface area (Å²) in [5, 5.41) is 4.75. The van der Waals surface area contributed by atoms with Gasteiger partial charge in [0, 0.05) is 22.5 Å². The molecule has 114 valence electrons. The van der Waals surface area contributed by atoms with Crippen molar-refractivity contribution < 1.29 is 4.74 Å². The van der Waals surface area contributed by atoms with E-state index in [1.54, 1.807) is 18.4 Å². The lowest BCUT2D eigenvalue weighted by atomic mass is 10.0. The summed E-state index contributed by atoms with van der Waals surface area (Å²) in [5.41, 5.74) is 3.58. The summed E-state index contributed by atoms with van der Waals surface area (Å²) in [7, 11) is 1.72. The number of rotatable bonds is 5. The van der Waals surface area contributed by atoms with Crippen LogP contribution in [0.15, 0.2) is 18.2 Å². The maximum Gasteiger partial charge on any atom is 0.123 e. The quantitative estimate of drug-likeness (QED) is 0.884. The molecule has 0 spiro atoms. The number of benzene rings is 1. The molecule has 0 radical (unpaired) electrons. The van der Waals surface area contributed by atoms with Crippen molar-refractivity contribution in [2.24, 2.45) is 0 Å². The summed E-state index contributed by atoms with van der Waals surface area (Å²) < 4.78 is 5.48. The number of thiazole rings is 1. The van der Waals surface area contributed by atoms with E-state index in [1.165, 1.54) is 16.0 Å². The Kier molecular flexibility index (Phi) is 5.01. The van der Waals surface area contributed by atoms with Gasteiger partial charge in [-0.1, -0.05) is 17.7 Å². The smallest absolute Gasteiger partial charge is 0.123 e. The summed E-state index contributed by atoms with van der Waals surface area (Å²) in [6.45, 7) is 10.6. The van der Waals surface area contributed by atoms with Gasteiger partial charge in [0.05, 0.1) is 17.8 Å². The van der Waals surface area contributed by atoms with Crippen LogP contribution in [0.5, 0.6) is 5.75 Å². The van der Waals surface area contributed by atoms with Crippen molar-refractivity contribution in [3.63, 3.8) is 0 Å². The van der Waals surface area contributed by atoms with Crippen LogP contribution in [0.3, 0.4) is 0 Å². The summed E-state index contributed by atoms with van der Waals surface area (Å²) in [6.07, 6.45) is 0. The molecule has 0 amide bonds. The van der Waals surface area contributed by atoms with Crippen molar-refractivity contribution in [3.05, 3.63) is 44.9 Å². The molecule has 3 nitrogen and oxygen atoms in total. The molecule has 1 aromatic heterocycles. The molecule has 1 N–H and O–H groups in total. The Bertz CT molecular complexity index is 621. The van der Waals surface area contributed by atoms with Gasteiger partial charge in [-0.3, -0.25) is 0 Å². The van der Waals surface area contributed by atoms with Crippen molar-refractivity contribution in [3.8, 4) is 5.75 Å². The molecule has 0 aliphatic rings. The SMILES string of the molecule is COc1ccc(C)cc1C(C)NC(C)c1nc(C)sc1C. The van der Waals surface area contributed by atoms with Crippen LogP contribution in [-0.4, -0.2) is 12.1 Å². The molecule has 2 atom stereocenters. The fourth-order valence-corrected chi connectivity index (χ4v) is 3.60. The second kappa shape index (κ2) is 6.58. The molecule has 2 unspecified atom stereocenters. The molecular formula is C17H24N2OS. The molecule has 1 aromatic carbocycles. The van der Waals surface area contributed by atoms with Gasteiger partial charge in [0.1, 0.15) is 5.75 Å². The Balaban J connectivity index is 2.19. The number of aromatic nitrogens is 1. The van der Waals surface area contributed by atoms with E-state index in [4.69, 9.17) is 4.74 Å².